The normalized spacial score (nSPS) is 22.6. The quantitative estimate of drug-likeness (QED) is 0.762. The van der Waals surface area contributed by atoms with Crippen molar-refractivity contribution in [3.05, 3.63) is 0 Å². The van der Waals surface area contributed by atoms with Crippen molar-refractivity contribution in [3.63, 3.8) is 0 Å². The van der Waals surface area contributed by atoms with Gasteiger partial charge < -0.3 is 15.5 Å². The molecule has 2 rings (SSSR count). The Morgan fingerprint density at radius 2 is 2.21 bits per heavy atom. The van der Waals surface area contributed by atoms with Crippen LogP contribution in [0.5, 0.6) is 0 Å². The fourth-order valence-electron chi connectivity index (χ4n) is 2.96. The zero-order valence-corrected chi connectivity index (χ0v) is 11.8. The second-order valence-electron chi connectivity index (χ2n) is 5.81. The first kappa shape index (κ1) is 14.3. The van der Waals surface area contributed by atoms with Crippen LogP contribution in [0.2, 0.25) is 0 Å². The Morgan fingerprint density at radius 1 is 1.47 bits per heavy atom. The van der Waals surface area contributed by atoms with E-state index in [9.17, 15) is 9.59 Å². The van der Waals surface area contributed by atoms with E-state index in [1.165, 1.54) is 0 Å². The molecule has 0 saturated carbocycles. The van der Waals surface area contributed by atoms with Crippen LogP contribution in [0.3, 0.4) is 0 Å². The third-order valence-electron chi connectivity index (χ3n) is 4.01. The van der Waals surface area contributed by atoms with Gasteiger partial charge in [0.2, 0.25) is 11.8 Å². The van der Waals surface area contributed by atoms with Crippen molar-refractivity contribution >= 4 is 11.8 Å². The topological polar surface area (TPSA) is 61.4 Å². The maximum Gasteiger partial charge on any atom is 0.222 e. The minimum absolute atomic E-state index is 0.0521. The van der Waals surface area contributed by atoms with Crippen molar-refractivity contribution in [2.45, 2.75) is 45.1 Å². The number of nitrogens with zero attached hydrogens (tertiary/aromatic N) is 1. The molecule has 5 heteroatoms. The van der Waals surface area contributed by atoms with Gasteiger partial charge in [0.25, 0.3) is 0 Å². The molecule has 2 N–H and O–H groups in total. The van der Waals surface area contributed by atoms with Crippen LogP contribution < -0.4 is 10.6 Å². The summed E-state index contributed by atoms with van der Waals surface area (Å²) in [6.45, 7) is 5.52. The first-order chi connectivity index (χ1) is 9.15. The maximum atomic E-state index is 11.9. The van der Waals surface area contributed by atoms with E-state index in [1.54, 1.807) is 0 Å². The third kappa shape index (κ3) is 4.49. The second kappa shape index (κ2) is 6.89. The van der Waals surface area contributed by atoms with E-state index in [1.807, 2.05) is 11.8 Å². The number of hydrogen-bond donors (Lipinski definition) is 2. The van der Waals surface area contributed by atoms with Crippen molar-refractivity contribution in [3.8, 4) is 0 Å². The lowest BCUT2D eigenvalue weighted by Gasteiger charge is -2.24. The Bertz CT molecular complexity index is 327. The predicted molar refractivity (Wildman–Crippen MR) is 73.6 cm³/mol. The van der Waals surface area contributed by atoms with Gasteiger partial charge in [-0.25, -0.2) is 0 Å². The van der Waals surface area contributed by atoms with Gasteiger partial charge in [-0.2, -0.15) is 0 Å². The number of rotatable bonds is 5. The summed E-state index contributed by atoms with van der Waals surface area (Å²) in [4.78, 5) is 25.3. The smallest absolute Gasteiger partial charge is 0.222 e. The SMILES string of the molecule is CC(CN1CCCC1=O)NC(=O)CC1CCNCC1. The van der Waals surface area contributed by atoms with Crippen molar-refractivity contribution < 1.29 is 9.59 Å². The summed E-state index contributed by atoms with van der Waals surface area (Å²) in [5.41, 5.74) is 0. The Hall–Kier alpha value is -1.10. The molecule has 108 valence electrons. The number of likely N-dealkylation sites (tertiary alicyclic amines) is 1. The lowest BCUT2D eigenvalue weighted by Crippen LogP contribution is -2.43. The van der Waals surface area contributed by atoms with Crippen molar-refractivity contribution in [2.24, 2.45) is 5.92 Å². The van der Waals surface area contributed by atoms with Crippen LogP contribution >= 0.6 is 0 Å². The molecule has 0 radical (unpaired) electrons. The zero-order chi connectivity index (χ0) is 13.7. The summed E-state index contributed by atoms with van der Waals surface area (Å²) >= 11 is 0. The van der Waals surface area contributed by atoms with Crippen LogP contribution in [0.4, 0.5) is 0 Å². The van der Waals surface area contributed by atoms with Crippen LogP contribution in [0.15, 0.2) is 0 Å². The summed E-state index contributed by atoms with van der Waals surface area (Å²) in [6, 6.07) is 0.0521. The number of carbonyl (C=O) groups excluding carboxylic acids is 2. The molecule has 2 heterocycles. The van der Waals surface area contributed by atoms with Crippen LogP contribution in [-0.2, 0) is 9.59 Å². The highest BCUT2D eigenvalue weighted by Gasteiger charge is 2.23. The Balaban J connectivity index is 1.67. The molecule has 0 bridgehead atoms. The van der Waals surface area contributed by atoms with E-state index in [4.69, 9.17) is 0 Å². The van der Waals surface area contributed by atoms with E-state index >= 15 is 0 Å². The summed E-state index contributed by atoms with van der Waals surface area (Å²) < 4.78 is 0. The molecule has 5 nitrogen and oxygen atoms in total. The number of piperidine rings is 1. The van der Waals surface area contributed by atoms with E-state index in [2.05, 4.69) is 10.6 Å². The molecule has 0 spiro atoms. The highest BCUT2D eigenvalue weighted by Crippen LogP contribution is 2.15. The van der Waals surface area contributed by atoms with Crippen molar-refractivity contribution in [1.29, 1.82) is 0 Å². The van der Waals surface area contributed by atoms with E-state index in [0.717, 1.165) is 38.9 Å². The first-order valence-electron chi connectivity index (χ1n) is 7.43. The Kier molecular flexibility index (Phi) is 5.19. The second-order valence-corrected chi connectivity index (χ2v) is 5.81. The van der Waals surface area contributed by atoms with Gasteiger partial charge in [-0.05, 0) is 45.2 Å². The molecule has 0 aromatic rings. The molecule has 1 unspecified atom stereocenters. The third-order valence-corrected chi connectivity index (χ3v) is 4.01. The van der Waals surface area contributed by atoms with Crippen LogP contribution in [0.25, 0.3) is 0 Å². The summed E-state index contributed by atoms with van der Waals surface area (Å²) in [5.74, 6) is 0.868. The lowest BCUT2D eigenvalue weighted by atomic mass is 9.94. The van der Waals surface area contributed by atoms with Gasteiger partial charge in [0, 0.05) is 32.0 Å². The number of nitrogens with one attached hydrogen (secondary N) is 2. The minimum Gasteiger partial charge on any atom is -0.352 e. The predicted octanol–water partition coefficient (Wildman–Crippen LogP) is 0.503. The fraction of sp³-hybridized carbons (Fsp3) is 0.857. The van der Waals surface area contributed by atoms with Crippen molar-refractivity contribution in [1.82, 2.24) is 15.5 Å². The monoisotopic (exact) mass is 267 g/mol. The van der Waals surface area contributed by atoms with E-state index in [0.29, 0.717) is 25.3 Å². The molecule has 0 aromatic heterocycles. The van der Waals surface area contributed by atoms with Crippen LogP contribution in [0, 0.1) is 5.92 Å². The van der Waals surface area contributed by atoms with E-state index < -0.39 is 0 Å². The molecule has 2 aliphatic rings. The van der Waals surface area contributed by atoms with Gasteiger partial charge in [0.1, 0.15) is 0 Å². The van der Waals surface area contributed by atoms with Gasteiger partial charge >= 0.3 is 0 Å². The molecule has 19 heavy (non-hydrogen) atoms. The maximum absolute atomic E-state index is 11.9. The molecule has 0 aliphatic carbocycles. The Morgan fingerprint density at radius 3 is 2.84 bits per heavy atom. The van der Waals surface area contributed by atoms with Gasteiger partial charge in [0.15, 0.2) is 0 Å². The number of amides is 2. The van der Waals surface area contributed by atoms with Gasteiger partial charge in [-0.15, -0.1) is 0 Å². The number of hydrogen-bond acceptors (Lipinski definition) is 3. The standard InChI is InChI=1S/C14H25N3O2/c1-11(10-17-8-2-3-14(17)19)16-13(18)9-12-4-6-15-7-5-12/h11-12,15H,2-10H2,1H3,(H,16,18). The molecule has 1 atom stereocenters. The molecule has 2 amide bonds. The molecule has 2 aliphatic heterocycles. The molecular weight excluding hydrogens is 242 g/mol. The molecular formula is C14H25N3O2. The largest absolute Gasteiger partial charge is 0.352 e. The van der Waals surface area contributed by atoms with Crippen LogP contribution in [0.1, 0.15) is 39.0 Å². The Labute approximate surface area is 115 Å². The van der Waals surface area contributed by atoms with Crippen LogP contribution in [-0.4, -0.2) is 48.9 Å². The fourth-order valence-corrected chi connectivity index (χ4v) is 2.96. The first-order valence-corrected chi connectivity index (χ1v) is 7.43. The zero-order valence-electron chi connectivity index (χ0n) is 11.8. The molecule has 0 aromatic carbocycles. The summed E-state index contributed by atoms with van der Waals surface area (Å²) in [7, 11) is 0. The summed E-state index contributed by atoms with van der Waals surface area (Å²) in [6.07, 6.45) is 4.42. The average molecular weight is 267 g/mol. The highest BCUT2D eigenvalue weighted by molar-refractivity contribution is 5.78. The highest BCUT2D eigenvalue weighted by atomic mass is 16.2. The van der Waals surface area contributed by atoms with Gasteiger partial charge in [-0.3, -0.25) is 9.59 Å². The van der Waals surface area contributed by atoms with Crippen molar-refractivity contribution in [2.75, 3.05) is 26.2 Å². The van der Waals surface area contributed by atoms with Gasteiger partial charge in [-0.1, -0.05) is 0 Å². The lowest BCUT2D eigenvalue weighted by molar-refractivity contribution is -0.129. The van der Waals surface area contributed by atoms with E-state index in [-0.39, 0.29) is 17.9 Å². The van der Waals surface area contributed by atoms with Gasteiger partial charge in [0.05, 0.1) is 0 Å². The molecule has 2 saturated heterocycles. The summed E-state index contributed by atoms with van der Waals surface area (Å²) in [5, 5.41) is 6.33. The molecule has 2 fully saturated rings. The average Bonchev–Trinajstić information content (AvgIpc) is 2.76. The number of carbonyl (C=O) groups is 2. The minimum atomic E-state index is 0.0521.